The minimum Gasteiger partial charge on any atom is -0.392 e. The van der Waals surface area contributed by atoms with Gasteiger partial charge in [0.15, 0.2) is 0 Å². The van der Waals surface area contributed by atoms with Gasteiger partial charge in [-0.3, -0.25) is 4.90 Å². The van der Waals surface area contributed by atoms with Crippen LogP contribution in [0, 0.1) is 5.41 Å². The fourth-order valence-electron chi connectivity index (χ4n) is 3.02. The molecule has 1 aliphatic carbocycles. The highest BCUT2D eigenvalue weighted by molar-refractivity contribution is 5.22. The summed E-state index contributed by atoms with van der Waals surface area (Å²) in [6.45, 7) is 3.82. The predicted molar refractivity (Wildman–Crippen MR) is 63.9 cm³/mol. The van der Waals surface area contributed by atoms with Crippen molar-refractivity contribution in [1.29, 1.82) is 0 Å². The van der Waals surface area contributed by atoms with Crippen LogP contribution in [0.4, 0.5) is 0 Å². The van der Waals surface area contributed by atoms with E-state index in [0.717, 1.165) is 17.5 Å². The summed E-state index contributed by atoms with van der Waals surface area (Å²) in [6.07, 6.45) is 4.35. The zero-order chi connectivity index (χ0) is 11.0. The molecular formula is C14H19NO. The SMILES string of the molecule is OCc1ccc(CN2CC3(CCC3)C2)cc1. The maximum atomic E-state index is 8.97. The molecule has 0 bridgehead atoms. The number of likely N-dealkylation sites (tertiary alicyclic amines) is 1. The summed E-state index contributed by atoms with van der Waals surface area (Å²) in [7, 11) is 0. The highest BCUT2D eigenvalue weighted by atomic mass is 16.3. The first kappa shape index (κ1) is 10.3. The van der Waals surface area contributed by atoms with Gasteiger partial charge in [-0.05, 0) is 29.4 Å². The molecule has 0 radical (unpaired) electrons. The Balaban J connectivity index is 1.54. The fourth-order valence-corrected chi connectivity index (χ4v) is 3.02. The van der Waals surface area contributed by atoms with Crippen LogP contribution in [0.25, 0.3) is 0 Å². The van der Waals surface area contributed by atoms with Gasteiger partial charge in [-0.1, -0.05) is 30.7 Å². The van der Waals surface area contributed by atoms with E-state index < -0.39 is 0 Å². The first-order valence-corrected chi connectivity index (χ1v) is 6.21. The van der Waals surface area contributed by atoms with E-state index in [1.807, 2.05) is 12.1 Å². The van der Waals surface area contributed by atoms with E-state index in [-0.39, 0.29) is 6.61 Å². The highest BCUT2D eigenvalue weighted by Gasteiger charge is 2.46. The molecular weight excluding hydrogens is 198 g/mol. The van der Waals surface area contributed by atoms with Crippen LogP contribution in [-0.4, -0.2) is 23.1 Å². The number of rotatable bonds is 3. The topological polar surface area (TPSA) is 23.5 Å². The van der Waals surface area contributed by atoms with E-state index in [4.69, 9.17) is 5.11 Å². The molecule has 1 aliphatic heterocycles. The van der Waals surface area contributed by atoms with Crippen molar-refractivity contribution in [2.45, 2.75) is 32.4 Å². The largest absolute Gasteiger partial charge is 0.392 e. The molecule has 1 spiro atoms. The second-order valence-corrected chi connectivity index (χ2v) is 5.47. The zero-order valence-electron chi connectivity index (χ0n) is 9.65. The number of nitrogens with zero attached hydrogens (tertiary/aromatic N) is 1. The van der Waals surface area contributed by atoms with Crippen LogP contribution >= 0.6 is 0 Å². The molecule has 86 valence electrons. The Morgan fingerprint density at radius 2 is 1.69 bits per heavy atom. The third-order valence-electron chi connectivity index (χ3n) is 4.14. The van der Waals surface area contributed by atoms with Gasteiger partial charge in [-0.2, -0.15) is 0 Å². The molecule has 1 saturated heterocycles. The summed E-state index contributed by atoms with van der Waals surface area (Å²) in [5.74, 6) is 0. The number of hydrogen-bond acceptors (Lipinski definition) is 2. The lowest BCUT2D eigenvalue weighted by molar-refractivity contribution is -0.0645. The van der Waals surface area contributed by atoms with Crippen LogP contribution in [0.2, 0.25) is 0 Å². The minimum atomic E-state index is 0.146. The molecule has 0 unspecified atom stereocenters. The molecule has 0 aromatic heterocycles. The van der Waals surface area contributed by atoms with Gasteiger partial charge in [0.05, 0.1) is 6.61 Å². The molecule has 1 aromatic carbocycles. The molecule has 2 heteroatoms. The number of aliphatic hydroxyl groups is 1. The molecule has 2 fully saturated rings. The van der Waals surface area contributed by atoms with Gasteiger partial charge in [-0.25, -0.2) is 0 Å². The monoisotopic (exact) mass is 217 g/mol. The zero-order valence-corrected chi connectivity index (χ0v) is 9.65. The van der Waals surface area contributed by atoms with Gasteiger partial charge in [0, 0.05) is 19.6 Å². The highest BCUT2D eigenvalue weighted by Crippen LogP contribution is 2.48. The molecule has 1 heterocycles. The summed E-state index contributed by atoms with van der Waals surface area (Å²) in [5, 5.41) is 8.97. The Hall–Kier alpha value is -0.860. The van der Waals surface area contributed by atoms with Crippen molar-refractivity contribution in [2.75, 3.05) is 13.1 Å². The second-order valence-electron chi connectivity index (χ2n) is 5.47. The molecule has 0 amide bonds. The number of benzene rings is 1. The van der Waals surface area contributed by atoms with Crippen LogP contribution in [0.15, 0.2) is 24.3 Å². The quantitative estimate of drug-likeness (QED) is 0.838. The van der Waals surface area contributed by atoms with Gasteiger partial charge in [0.25, 0.3) is 0 Å². The third kappa shape index (κ3) is 1.76. The van der Waals surface area contributed by atoms with E-state index in [1.54, 1.807) is 0 Å². The van der Waals surface area contributed by atoms with E-state index in [0.29, 0.717) is 0 Å². The average Bonchev–Trinajstić information content (AvgIpc) is 2.21. The Labute approximate surface area is 96.9 Å². The van der Waals surface area contributed by atoms with Crippen molar-refractivity contribution in [3.8, 4) is 0 Å². The van der Waals surface area contributed by atoms with Crippen LogP contribution in [0.1, 0.15) is 30.4 Å². The summed E-state index contributed by atoms with van der Waals surface area (Å²) in [4.78, 5) is 2.53. The summed E-state index contributed by atoms with van der Waals surface area (Å²) < 4.78 is 0. The molecule has 1 saturated carbocycles. The van der Waals surface area contributed by atoms with Crippen molar-refractivity contribution in [3.05, 3.63) is 35.4 Å². The normalized spacial score (nSPS) is 22.8. The molecule has 1 aromatic rings. The molecule has 16 heavy (non-hydrogen) atoms. The lowest BCUT2D eigenvalue weighted by Gasteiger charge is -2.56. The molecule has 2 aliphatic rings. The van der Waals surface area contributed by atoms with Crippen molar-refractivity contribution in [2.24, 2.45) is 5.41 Å². The van der Waals surface area contributed by atoms with Gasteiger partial charge in [-0.15, -0.1) is 0 Å². The molecule has 1 N–H and O–H groups in total. The van der Waals surface area contributed by atoms with Crippen LogP contribution < -0.4 is 0 Å². The first-order chi connectivity index (χ1) is 7.80. The van der Waals surface area contributed by atoms with Crippen molar-refractivity contribution >= 4 is 0 Å². The second kappa shape index (κ2) is 3.86. The van der Waals surface area contributed by atoms with Crippen LogP contribution in [-0.2, 0) is 13.2 Å². The van der Waals surface area contributed by atoms with Crippen LogP contribution in [0.5, 0.6) is 0 Å². The Morgan fingerprint density at radius 3 is 2.19 bits per heavy atom. The van der Waals surface area contributed by atoms with Gasteiger partial charge < -0.3 is 5.11 Å². The molecule has 2 nitrogen and oxygen atoms in total. The van der Waals surface area contributed by atoms with E-state index in [9.17, 15) is 0 Å². The molecule has 0 atom stereocenters. The number of hydrogen-bond donors (Lipinski definition) is 1. The lowest BCUT2D eigenvalue weighted by atomic mass is 9.63. The minimum absolute atomic E-state index is 0.146. The van der Waals surface area contributed by atoms with Crippen molar-refractivity contribution in [3.63, 3.8) is 0 Å². The van der Waals surface area contributed by atoms with Crippen molar-refractivity contribution < 1.29 is 5.11 Å². The van der Waals surface area contributed by atoms with E-state index >= 15 is 0 Å². The maximum absolute atomic E-state index is 8.97. The third-order valence-corrected chi connectivity index (χ3v) is 4.14. The summed E-state index contributed by atoms with van der Waals surface area (Å²) in [6, 6.07) is 8.32. The van der Waals surface area contributed by atoms with Gasteiger partial charge >= 0.3 is 0 Å². The van der Waals surface area contributed by atoms with Crippen LogP contribution in [0.3, 0.4) is 0 Å². The Morgan fingerprint density at radius 1 is 1.06 bits per heavy atom. The lowest BCUT2D eigenvalue weighted by Crippen LogP contribution is -2.58. The standard InChI is InChI=1S/C14H19NO/c16-9-13-4-2-12(3-5-13)8-15-10-14(11-15)6-1-7-14/h2-5,16H,1,6-11H2. The maximum Gasteiger partial charge on any atom is 0.0681 e. The Bertz CT molecular complexity index is 359. The number of aliphatic hydroxyl groups excluding tert-OH is 1. The first-order valence-electron chi connectivity index (χ1n) is 6.21. The smallest absolute Gasteiger partial charge is 0.0681 e. The van der Waals surface area contributed by atoms with Gasteiger partial charge in [0.1, 0.15) is 0 Å². The predicted octanol–water partition coefficient (Wildman–Crippen LogP) is 2.16. The van der Waals surface area contributed by atoms with E-state index in [1.165, 1.54) is 37.9 Å². The van der Waals surface area contributed by atoms with E-state index in [2.05, 4.69) is 17.0 Å². The Kier molecular flexibility index (Phi) is 2.49. The average molecular weight is 217 g/mol. The molecule has 3 rings (SSSR count). The van der Waals surface area contributed by atoms with Crippen molar-refractivity contribution in [1.82, 2.24) is 4.90 Å². The van der Waals surface area contributed by atoms with Gasteiger partial charge in [0.2, 0.25) is 0 Å². The fraction of sp³-hybridized carbons (Fsp3) is 0.571. The summed E-state index contributed by atoms with van der Waals surface area (Å²) in [5.41, 5.74) is 3.10. The summed E-state index contributed by atoms with van der Waals surface area (Å²) >= 11 is 0.